The minimum Gasteiger partial charge on any atom is -0.445 e. The molecule has 2 amide bonds. The van der Waals surface area contributed by atoms with Crippen LogP contribution in [0.25, 0.3) is 5.65 Å². The topological polar surface area (TPSA) is 149 Å². The van der Waals surface area contributed by atoms with Crippen LogP contribution < -0.4 is 21.9 Å². The Hall–Kier alpha value is -4.87. The molecule has 4 N–H and O–H groups in total. The molecule has 1 saturated heterocycles. The quantitative estimate of drug-likeness (QED) is 0.323. The van der Waals surface area contributed by atoms with E-state index in [1.54, 1.807) is 33.9 Å². The molecule has 2 fully saturated rings. The van der Waals surface area contributed by atoms with Crippen molar-refractivity contribution in [2.75, 3.05) is 24.1 Å². The maximum absolute atomic E-state index is 13.4. The van der Waals surface area contributed by atoms with Gasteiger partial charge < -0.3 is 30.6 Å². The molecule has 12 nitrogen and oxygen atoms in total. The van der Waals surface area contributed by atoms with Gasteiger partial charge in [0, 0.05) is 37.4 Å². The van der Waals surface area contributed by atoms with Gasteiger partial charge in [0.1, 0.15) is 12.3 Å². The number of carbonyl (C=O) groups excluding carboxylic acids is 2. The summed E-state index contributed by atoms with van der Waals surface area (Å²) in [6, 6.07) is 14.7. The van der Waals surface area contributed by atoms with Gasteiger partial charge in [-0.2, -0.15) is 0 Å². The van der Waals surface area contributed by atoms with Gasteiger partial charge >= 0.3 is 6.09 Å². The first kappa shape index (κ1) is 25.4. The van der Waals surface area contributed by atoms with E-state index in [0.29, 0.717) is 48.8 Å². The summed E-state index contributed by atoms with van der Waals surface area (Å²) >= 11 is 0. The van der Waals surface area contributed by atoms with Crippen molar-refractivity contribution in [1.29, 1.82) is 0 Å². The largest absolute Gasteiger partial charge is 0.445 e. The molecule has 4 aromatic rings. The molecule has 1 aromatic carbocycles. The van der Waals surface area contributed by atoms with Crippen LogP contribution in [0.3, 0.4) is 0 Å². The minimum absolute atomic E-state index is 0.0701. The van der Waals surface area contributed by atoms with Crippen LogP contribution in [0.2, 0.25) is 0 Å². The maximum atomic E-state index is 13.4. The normalized spacial score (nSPS) is 15.7. The highest BCUT2D eigenvalue weighted by atomic mass is 16.6. The number of ether oxygens (including phenoxy) is 1. The Morgan fingerprint density at radius 2 is 1.82 bits per heavy atom. The number of carbonyl (C=O) groups is 2. The van der Waals surface area contributed by atoms with Gasteiger partial charge in [0.15, 0.2) is 17.2 Å². The lowest BCUT2D eigenvalue weighted by Gasteiger charge is -2.32. The Morgan fingerprint density at radius 1 is 1.05 bits per heavy atom. The number of hydrogen-bond donors (Lipinski definition) is 3. The van der Waals surface area contributed by atoms with E-state index in [9.17, 15) is 14.4 Å². The van der Waals surface area contributed by atoms with E-state index in [1.807, 2.05) is 30.3 Å². The number of pyridine rings is 1. The molecule has 206 valence electrons. The van der Waals surface area contributed by atoms with E-state index in [0.717, 1.165) is 18.4 Å². The number of benzene rings is 1. The molecular formula is C28H30N8O4. The minimum atomic E-state index is -0.353. The first-order valence-electron chi connectivity index (χ1n) is 13.3. The lowest BCUT2D eigenvalue weighted by molar-refractivity contribution is 0.0828. The van der Waals surface area contributed by atoms with Crippen molar-refractivity contribution in [3.05, 3.63) is 82.5 Å². The predicted molar refractivity (Wildman–Crippen MR) is 148 cm³/mol. The van der Waals surface area contributed by atoms with Crippen LogP contribution in [-0.2, 0) is 11.3 Å². The second kappa shape index (κ2) is 10.7. The number of nitrogens with zero attached hydrogens (tertiary/aromatic N) is 5. The number of hydrogen-bond acceptors (Lipinski definition) is 8. The van der Waals surface area contributed by atoms with E-state index in [-0.39, 0.29) is 41.9 Å². The first-order chi connectivity index (χ1) is 19.5. The fourth-order valence-electron chi connectivity index (χ4n) is 4.86. The van der Waals surface area contributed by atoms with Gasteiger partial charge in [-0.15, -0.1) is 5.10 Å². The summed E-state index contributed by atoms with van der Waals surface area (Å²) in [7, 11) is 0. The second-order valence-electron chi connectivity index (χ2n) is 10.1. The summed E-state index contributed by atoms with van der Waals surface area (Å²) in [5.41, 5.74) is 8.20. The molecule has 0 unspecified atom stereocenters. The highest BCUT2D eigenvalue weighted by molar-refractivity contribution is 5.94. The number of piperidine rings is 1. The van der Waals surface area contributed by atoms with Gasteiger partial charge in [0.05, 0.1) is 11.9 Å². The molecule has 2 aliphatic rings. The van der Waals surface area contributed by atoms with Crippen molar-refractivity contribution in [3.8, 4) is 0 Å². The highest BCUT2D eigenvalue weighted by Crippen LogP contribution is 2.24. The highest BCUT2D eigenvalue weighted by Gasteiger charge is 2.27. The lowest BCUT2D eigenvalue weighted by Crippen LogP contribution is -2.41. The zero-order valence-corrected chi connectivity index (χ0v) is 21.8. The number of anilines is 3. The van der Waals surface area contributed by atoms with Crippen molar-refractivity contribution in [1.82, 2.24) is 29.4 Å². The fraction of sp³-hybridized carbons (Fsp3) is 0.321. The molecule has 40 heavy (non-hydrogen) atoms. The molecule has 0 radical (unpaired) electrons. The smallest absolute Gasteiger partial charge is 0.410 e. The van der Waals surface area contributed by atoms with Crippen LogP contribution in [-0.4, -0.2) is 55.2 Å². The molecule has 0 spiro atoms. The van der Waals surface area contributed by atoms with Crippen molar-refractivity contribution >= 4 is 34.8 Å². The van der Waals surface area contributed by atoms with E-state index in [4.69, 9.17) is 10.5 Å². The van der Waals surface area contributed by atoms with Crippen molar-refractivity contribution in [2.45, 2.75) is 44.4 Å². The molecule has 1 aliphatic heterocycles. The Labute approximate surface area is 229 Å². The van der Waals surface area contributed by atoms with Crippen molar-refractivity contribution < 1.29 is 14.3 Å². The Morgan fingerprint density at radius 3 is 2.58 bits per heavy atom. The summed E-state index contributed by atoms with van der Waals surface area (Å²) in [5.74, 6) is 0.0470. The van der Waals surface area contributed by atoms with Crippen LogP contribution in [0.15, 0.2) is 65.7 Å². The zero-order chi connectivity index (χ0) is 27.6. The number of nitrogens with two attached hydrogens (primary N) is 1. The third-order valence-corrected chi connectivity index (χ3v) is 7.20. The summed E-state index contributed by atoms with van der Waals surface area (Å²) < 4.78 is 8.53. The van der Waals surface area contributed by atoms with Gasteiger partial charge in [-0.3, -0.25) is 9.59 Å². The van der Waals surface area contributed by atoms with E-state index >= 15 is 0 Å². The van der Waals surface area contributed by atoms with Gasteiger partial charge in [-0.1, -0.05) is 30.3 Å². The average Bonchev–Trinajstić information content (AvgIpc) is 3.68. The summed E-state index contributed by atoms with van der Waals surface area (Å²) in [6.45, 7) is 1.20. The van der Waals surface area contributed by atoms with Crippen LogP contribution in [0.1, 0.15) is 47.8 Å². The van der Waals surface area contributed by atoms with Gasteiger partial charge in [-0.05, 0) is 43.4 Å². The Bertz CT molecular complexity index is 1600. The van der Waals surface area contributed by atoms with Crippen LogP contribution in [0.4, 0.5) is 22.0 Å². The molecule has 6 rings (SSSR count). The molecule has 1 aliphatic carbocycles. The maximum Gasteiger partial charge on any atom is 0.410 e. The number of nitrogens with one attached hydrogen (secondary N) is 2. The third-order valence-electron chi connectivity index (χ3n) is 7.20. The third kappa shape index (κ3) is 5.33. The van der Waals surface area contributed by atoms with Crippen LogP contribution in [0.5, 0.6) is 0 Å². The molecule has 3 aromatic heterocycles. The van der Waals surface area contributed by atoms with Gasteiger partial charge in [0.25, 0.3) is 11.5 Å². The van der Waals surface area contributed by atoms with Crippen molar-refractivity contribution in [2.24, 2.45) is 0 Å². The molecule has 4 heterocycles. The molecule has 0 atom stereocenters. The number of rotatable bonds is 7. The van der Waals surface area contributed by atoms with Crippen molar-refractivity contribution in [3.63, 3.8) is 0 Å². The molecule has 0 bridgehead atoms. The van der Waals surface area contributed by atoms with E-state index in [2.05, 4.69) is 20.7 Å². The van der Waals surface area contributed by atoms with Gasteiger partial charge in [-0.25, -0.2) is 14.3 Å². The summed E-state index contributed by atoms with van der Waals surface area (Å²) in [5, 5.41) is 10.5. The van der Waals surface area contributed by atoms with Crippen LogP contribution >= 0.6 is 0 Å². The average molecular weight is 543 g/mol. The number of likely N-dealkylation sites (tertiary alicyclic amines) is 1. The number of aromatic nitrogens is 4. The lowest BCUT2D eigenvalue weighted by atomic mass is 10.0. The number of imidazole rings is 1. The number of nitrogen functional groups attached to an aromatic ring is 1. The summed E-state index contributed by atoms with van der Waals surface area (Å²) in [6.07, 6.45) is 6.01. The standard InChI is InChI=1S/C28H30N8O4/c29-21-15-24(33-36-23(16-30-25(21)36)26(37)31-19-8-9-19)32-22-7-4-12-35(27(22)38)20-10-13-34(14-11-20)28(39)40-17-18-5-2-1-3-6-18/h1-7,12,15-16,19-20H,8-11,13-14,17,29H2,(H,31,37)(H,32,33). The molecule has 12 heteroatoms. The van der Waals surface area contributed by atoms with Crippen LogP contribution in [0, 0.1) is 0 Å². The molecule has 1 saturated carbocycles. The van der Waals surface area contributed by atoms with E-state index in [1.165, 1.54) is 10.7 Å². The fourth-order valence-corrected chi connectivity index (χ4v) is 4.86. The monoisotopic (exact) mass is 542 g/mol. The number of amides is 2. The van der Waals surface area contributed by atoms with E-state index < -0.39 is 0 Å². The SMILES string of the molecule is Nc1cc(Nc2cccn(C3CCN(C(=O)OCc4ccccc4)CC3)c2=O)nn2c(C(=O)NC3CC3)cnc12. The zero-order valence-electron chi connectivity index (χ0n) is 21.8. The second-order valence-corrected chi connectivity index (χ2v) is 10.1. The Kier molecular flexibility index (Phi) is 6.81. The summed E-state index contributed by atoms with van der Waals surface area (Å²) in [4.78, 5) is 44.5. The van der Waals surface area contributed by atoms with Gasteiger partial charge in [0.2, 0.25) is 0 Å². The predicted octanol–water partition coefficient (Wildman–Crippen LogP) is 3.08. The first-order valence-corrected chi connectivity index (χ1v) is 13.3. The Balaban J connectivity index is 1.13. The molecular weight excluding hydrogens is 512 g/mol. The number of fused-ring (bicyclic) bond motifs is 1.